The fraction of sp³-hybridized carbons (Fsp3) is 0.111. The predicted octanol–water partition coefficient (Wildman–Crippen LogP) is 4.07. The number of imide groups is 1. The van der Waals surface area contributed by atoms with Gasteiger partial charge in [0.1, 0.15) is 18.2 Å². The van der Waals surface area contributed by atoms with Gasteiger partial charge in [-0.3, -0.25) is 14.5 Å². The molecule has 0 spiro atoms. The minimum Gasteiger partial charge on any atom is -0.488 e. The molecule has 4 nitrogen and oxygen atoms in total. The van der Waals surface area contributed by atoms with E-state index >= 15 is 0 Å². The Balaban J connectivity index is 1.81. The van der Waals surface area contributed by atoms with E-state index in [0.717, 1.165) is 16.7 Å². The Labute approximate surface area is 142 Å². The molecule has 1 saturated heterocycles. The monoisotopic (exact) mass is 343 g/mol. The van der Waals surface area contributed by atoms with Gasteiger partial charge in [0.15, 0.2) is 0 Å². The summed E-state index contributed by atoms with van der Waals surface area (Å²) in [5, 5.41) is -0.301. The van der Waals surface area contributed by atoms with Gasteiger partial charge in [-0.15, -0.1) is 0 Å². The van der Waals surface area contributed by atoms with Crippen molar-refractivity contribution in [1.82, 2.24) is 4.90 Å². The van der Waals surface area contributed by atoms with Crippen LogP contribution in [-0.4, -0.2) is 23.1 Å². The first-order chi connectivity index (χ1) is 11.5. The van der Waals surface area contributed by atoms with Crippen LogP contribution in [0.5, 0.6) is 5.75 Å². The highest BCUT2D eigenvalue weighted by Gasteiger charge is 2.31. The summed E-state index contributed by atoms with van der Waals surface area (Å²) in [6, 6.07) is 13.4. The predicted molar refractivity (Wildman–Crippen MR) is 90.9 cm³/mol. The van der Waals surface area contributed by atoms with Crippen LogP contribution in [0.1, 0.15) is 11.1 Å². The molecule has 0 N–H and O–H groups in total. The number of carbonyl (C=O) groups excluding carboxylic acids is 2. The second-order valence-electron chi connectivity index (χ2n) is 5.20. The lowest BCUT2D eigenvalue weighted by Gasteiger charge is -2.09. The summed E-state index contributed by atoms with van der Waals surface area (Å²) < 4.78 is 19.0. The molecule has 1 fully saturated rings. The first-order valence-corrected chi connectivity index (χ1v) is 8.04. The van der Waals surface area contributed by atoms with Crippen molar-refractivity contribution >= 4 is 29.0 Å². The summed E-state index contributed by atoms with van der Waals surface area (Å²) in [7, 11) is 1.45. The lowest BCUT2D eigenvalue weighted by Crippen LogP contribution is -2.22. The number of hydrogen-bond donors (Lipinski definition) is 0. The molecule has 2 aromatic rings. The van der Waals surface area contributed by atoms with Crippen molar-refractivity contribution < 1.29 is 18.7 Å². The summed E-state index contributed by atoms with van der Waals surface area (Å²) >= 11 is 0.895. The van der Waals surface area contributed by atoms with Crippen LogP contribution in [0.3, 0.4) is 0 Å². The molecule has 0 radical (unpaired) electrons. The van der Waals surface area contributed by atoms with Crippen molar-refractivity contribution in [3.8, 4) is 5.75 Å². The van der Waals surface area contributed by atoms with E-state index in [4.69, 9.17) is 4.74 Å². The van der Waals surface area contributed by atoms with Gasteiger partial charge in [-0.1, -0.05) is 30.3 Å². The van der Waals surface area contributed by atoms with Gasteiger partial charge in [0.05, 0.1) is 4.91 Å². The summed E-state index contributed by atoms with van der Waals surface area (Å²) in [5.74, 6) is -0.0874. The summed E-state index contributed by atoms with van der Waals surface area (Å²) in [5.41, 5.74) is 1.39. The number of thioether (sulfide) groups is 1. The third-order valence-corrected chi connectivity index (χ3v) is 4.44. The number of para-hydroxylation sites is 1. The normalized spacial score (nSPS) is 16.1. The highest BCUT2D eigenvalue weighted by atomic mass is 32.2. The van der Waals surface area contributed by atoms with Gasteiger partial charge in [0.2, 0.25) is 0 Å². The lowest BCUT2D eigenvalue weighted by atomic mass is 10.1. The fourth-order valence-corrected chi connectivity index (χ4v) is 3.02. The van der Waals surface area contributed by atoms with E-state index in [-0.39, 0.29) is 23.6 Å². The molecule has 122 valence electrons. The van der Waals surface area contributed by atoms with Crippen LogP contribution in [0.25, 0.3) is 6.08 Å². The Morgan fingerprint density at radius 3 is 2.67 bits per heavy atom. The Morgan fingerprint density at radius 1 is 1.17 bits per heavy atom. The molecule has 2 amide bonds. The molecule has 0 saturated carbocycles. The number of benzene rings is 2. The van der Waals surface area contributed by atoms with Crippen LogP contribution in [0.15, 0.2) is 53.4 Å². The Hall–Kier alpha value is -2.60. The van der Waals surface area contributed by atoms with Crippen LogP contribution < -0.4 is 4.74 Å². The number of ether oxygens (including phenoxy) is 1. The molecule has 3 rings (SSSR count). The van der Waals surface area contributed by atoms with E-state index in [1.807, 2.05) is 12.1 Å². The zero-order valence-electron chi connectivity index (χ0n) is 12.9. The molecule has 2 aromatic carbocycles. The molecule has 1 heterocycles. The molecule has 0 aliphatic carbocycles. The minimum absolute atomic E-state index is 0.206. The van der Waals surface area contributed by atoms with Gasteiger partial charge in [-0.25, -0.2) is 4.39 Å². The third-order valence-electron chi connectivity index (χ3n) is 3.48. The summed E-state index contributed by atoms with van der Waals surface area (Å²) in [6.45, 7) is 0.206. The van der Waals surface area contributed by atoms with E-state index < -0.39 is 0 Å². The minimum atomic E-state index is -0.329. The number of rotatable bonds is 4. The quantitative estimate of drug-likeness (QED) is 0.785. The van der Waals surface area contributed by atoms with Gasteiger partial charge in [-0.2, -0.15) is 0 Å². The number of nitrogens with zero attached hydrogens (tertiary/aromatic N) is 1. The van der Waals surface area contributed by atoms with Crippen molar-refractivity contribution in [1.29, 1.82) is 0 Å². The molecular formula is C18H14FNO3S. The Kier molecular flexibility index (Phi) is 4.66. The SMILES string of the molecule is CN1C(=O)S/C(=C\c2ccccc2OCc2cccc(F)c2)C1=O. The molecule has 1 aliphatic heterocycles. The Morgan fingerprint density at radius 2 is 1.96 bits per heavy atom. The number of halogens is 1. The maximum Gasteiger partial charge on any atom is 0.293 e. The van der Waals surface area contributed by atoms with Crippen molar-refractivity contribution in [2.45, 2.75) is 6.61 Å². The molecule has 6 heteroatoms. The summed E-state index contributed by atoms with van der Waals surface area (Å²) in [6.07, 6.45) is 1.63. The molecule has 0 bridgehead atoms. The zero-order valence-corrected chi connectivity index (χ0v) is 13.7. The fourth-order valence-electron chi connectivity index (χ4n) is 2.21. The third kappa shape index (κ3) is 3.49. The van der Waals surface area contributed by atoms with Gasteiger partial charge in [0.25, 0.3) is 11.1 Å². The van der Waals surface area contributed by atoms with E-state index in [1.54, 1.807) is 30.3 Å². The van der Waals surface area contributed by atoms with E-state index in [0.29, 0.717) is 21.8 Å². The zero-order chi connectivity index (χ0) is 17.1. The van der Waals surface area contributed by atoms with Gasteiger partial charge < -0.3 is 4.74 Å². The van der Waals surface area contributed by atoms with Crippen molar-refractivity contribution in [2.24, 2.45) is 0 Å². The van der Waals surface area contributed by atoms with Crippen LogP contribution in [0, 0.1) is 5.82 Å². The smallest absolute Gasteiger partial charge is 0.293 e. The number of hydrogen-bond acceptors (Lipinski definition) is 4. The molecular weight excluding hydrogens is 329 g/mol. The van der Waals surface area contributed by atoms with Crippen molar-refractivity contribution in [2.75, 3.05) is 7.05 Å². The van der Waals surface area contributed by atoms with Gasteiger partial charge in [0, 0.05) is 12.6 Å². The van der Waals surface area contributed by atoms with Crippen LogP contribution in [0.4, 0.5) is 9.18 Å². The lowest BCUT2D eigenvalue weighted by molar-refractivity contribution is -0.121. The van der Waals surface area contributed by atoms with Crippen LogP contribution in [-0.2, 0) is 11.4 Å². The molecule has 0 unspecified atom stereocenters. The van der Waals surface area contributed by atoms with E-state index in [1.165, 1.54) is 19.2 Å². The van der Waals surface area contributed by atoms with E-state index in [2.05, 4.69) is 0 Å². The second-order valence-corrected chi connectivity index (χ2v) is 6.19. The molecule has 24 heavy (non-hydrogen) atoms. The molecule has 0 atom stereocenters. The topological polar surface area (TPSA) is 46.6 Å². The number of likely N-dealkylation sites (N-methyl/N-ethyl adjacent to an activating group) is 1. The largest absolute Gasteiger partial charge is 0.488 e. The van der Waals surface area contributed by atoms with Crippen molar-refractivity contribution in [3.05, 3.63) is 70.4 Å². The molecule has 1 aliphatic rings. The van der Waals surface area contributed by atoms with Gasteiger partial charge >= 0.3 is 0 Å². The average Bonchev–Trinajstić information content (AvgIpc) is 2.81. The first-order valence-electron chi connectivity index (χ1n) is 7.22. The maximum atomic E-state index is 13.2. The molecule has 0 aromatic heterocycles. The van der Waals surface area contributed by atoms with E-state index in [9.17, 15) is 14.0 Å². The Bertz CT molecular complexity index is 835. The first kappa shape index (κ1) is 16.3. The van der Waals surface area contributed by atoms with Crippen LogP contribution >= 0.6 is 11.8 Å². The highest BCUT2D eigenvalue weighted by Crippen LogP contribution is 2.33. The highest BCUT2D eigenvalue weighted by molar-refractivity contribution is 8.18. The standard InChI is InChI=1S/C18H14FNO3S/c1-20-17(21)16(24-18(20)22)10-13-6-2-3-8-15(13)23-11-12-5-4-7-14(19)9-12/h2-10H,11H2,1H3/b16-10-. The van der Waals surface area contributed by atoms with Crippen molar-refractivity contribution in [3.63, 3.8) is 0 Å². The van der Waals surface area contributed by atoms with Gasteiger partial charge in [-0.05, 0) is 41.6 Å². The van der Waals surface area contributed by atoms with Crippen LogP contribution in [0.2, 0.25) is 0 Å². The average molecular weight is 343 g/mol. The second kappa shape index (κ2) is 6.88. The maximum absolute atomic E-state index is 13.2. The number of amides is 2. The number of carbonyl (C=O) groups is 2. The summed E-state index contributed by atoms with van der Waals surface area (Å²) in [4.78, 5) is 25.0.